The molecule has 0 amide bonds. The molecule has 2 aromatic heterocycles. The topological polar surface area (TPSA) is 60.4 Å². The Morgan fingerprint density at radius 3 is 2.18 bits per heavy atom. The first-order valence-corrected chi connectivity index (χ1v) is 6.79. The van der Waals surface area contributed by atoms with E-state index in [0.29, 0.717) is 22.1 Å². The van der Waals surface area contributed by atoms with Gasteiger partial charge in [0.1, 0.15) is 11.3 Å². The largest absolute Gasteiger partial charge is 0.422 e. The molecule has 0 aliphatic carbocycles. The predicted molar refractivity (Wildman–Crippen MR) is 84.0 cm³/mol. The Kier molecular flexibility index (Phi) is 2.69. The van der Waals surface area contributed by atoms with Crippen LogP contribution in [-0.4, -0.2) is 0 Å². The highest BCUT2D eigenvalue weighted by molar-refractivity contribution is 6.04. The summed E-state index contributed by atoms with van der Waals surface area (Å²) in [4.78, 5) is 24.2. The summed E-state index contributed by atoms with van der Waals surface area (Å²) >= 11 is 0. The first-order valence-electron chi connectivity index (χ1n) is 6.79. The van der Waals surface area contributed by atoms with Gasteiger partial charge in [-0.15, -0.1) is 0 Å². The van der Waals surface area contributed by atoms with Crippen LogP contribution >= 0.6 is 0 Å². The Balaban J connectivity index is 2.19. The van der Waals surface area contributed by atoms with Crippen molar-refractivity contribution in [3.05, 3.63) is 81.5 Å². The average molecular weight is 290 g/mol. The minimum absolute atomic E-state index is 0.0571. The van der Waals surface area contributed by atoms with Crippen molar-refractivity contribution in [1.82, 2.24) is 0 Å². The molecule has 0 aliphatic heterocycles. The molecular formula is C18H10O4. The number of benzene rings is 2. The molecule has 4 rings (SSSR count). The van der Waals surface area contributed by atoms with Crippen LogP contribution in [0.1, 0.15) is 0 Å². The van der Waals surface area contributed by atoms with Gasteiger partial charge in [-0.25, -0.2) is 9.59 Å². The maximum Gasteiger partial charge on any atom is 0.351 e. The van der Waals surface area contributed by atoms with Crippen LogP contribution < -0.4 is 11.3 Å². The lowest BCUT2D eigenvalue weighted by atomic mass is 10.1. The summed E-state index contributed by atoms with van der Waals surface area (Å²) < 4.78 is 10.5. The molecule has 0 bridgehead atoms. The van der Waals surface area contributed by atoms with E-state index < -0.39 is 11.3 Å². The third kappa shape index (κ3) is 1.85. The van der Waals surface area contributed by atoms with Crippen LogP contribution in [0.5, 0.6) is 0 Å². The Morgan fingerprint density at radius 1 is 0.682 bits per heavy atom. The quantitative estimate of drug-likeness (QED) is 0.397. The van der Waals surface area contributed by atoms with Crippen LogP contribution in [0.3, 0.4) is 0 Å². The second-order valence-electron chi connectivity index (χ2n) is 4.94. The molecule has 4 heteroatoms. The molecule has 4 nitrogen and oxygen atoms in total. The van der Waals surface area contributed by atoms with Crippen LogP contribution in [0, 0.1) is 0 Å². The highest BCUT2D eigenvalue weighted by Gasteiger charge is 2.14. The molecule has 0 radical (unpaired) electrons. The number of para-hydroxylation sites is 1. The van der Waals surface area contributed by atoms with Crippen LogP contribution in [0.15, 0.2) is 79.1 Å². The lowest BCUT2D eigenvalue weighted by Gasteiger charge is -2.04. The third-order valence-corrected chi connectivity index (χ3v) is 3.59. The normalized spacial score (nSPS) is 11.1. The van der Waals surface area contributed by atoms with Crippen molar-refractivity contribution in [3.63, 3.8) is 0 Å². The molecule has 0 saturated carbocycles. The number of hydrogen-bond acceptors (Lipinski definition) is 4. The van der Waals surface area contributed by atoms with Crippen molar-refractivity contribution >= 4 is 21.7 Å². The van der Waals surface area contributed by atoms with Crippen molar-refractivity contribution in [3.8, 4) is 11.3 Å². The van der Waals surface area contributed by atoms with Crippen LogP contribution in [0.2, 0.25) is 0 Å². The van der Waals surface area contributed by atoms with Crippen molar-refractivity contribution < 1.29 is 8.83 Å². The van der Waals surface area contributed by atoms with Crippen LogP contribution in [-0.2, 0) is 0 Å². The molecule has 0 spiro atoms. The van der Waals surface area contributed by atoms with E-state index in [1.807, 2.05) is 42.5 Å². The smallest absolute Gasteiger partial charge is 0.351 e. The monoisotopic (exact) mass is 290 g/mol. The maximum absolute atomic E-state index is 12.2. The fourth-order valence-electron chi connectivity index (χ4n) is 2.57. The molecule has 4 aromatic rings. The summed E-state index contributed by atoms with van der Waals surface area (Å²) in [6.07, 6.45) is 0. The zero-order valence-corrected chi connectivity index (χ0v) is 11.4. The fraction of sp³-hybridized carbons (Fsp3) is 0. The Labute approximate surface area is 124 Å². The molecule has 0 fully saturated rings. The summed E-state index contributed by atoms with van der Waals surface area (Å²) in [5, 5.41) is 1.20. The lowest BCUT2D eigenvalue weighted by molar-refractivity contribution is 0.524. The van der Waals surface area contributed by atoms with Crippen LogP contribution in [0.4, 0.5) is 0 Å². The second kappa shape index (κ2) is 4.70. The van der Waals surface area contributed by atoms with E-state index in [9.17, 15) is 9.59 Å². The van der Waals surface area contributed by atoms with Crippen molar-refractivity contribution in [2.24, 2.45) is 0 Å². The lowest BCUT2D eigenvalue weighted by Crippen LogP contribution is -2.12. The molecule has 106 valence electrons. The van der Waals surface area contributed by atoms with Crippen molar-refractivity contribution in [1.29, 1.82) is 0 Å². The van der Waals surface area contributed by atoms with E-state index in [-0.39, 0.29) is 5.39 Å². The minimum atomic E-state index is -0.684. The highest BCUT2D eigenvalue weighted by Crippen LogP contribution is 2.25. The molecule has 0 unspecified atom stereocenters. The fourth-order valence-corrected chi connectivity index (χ4v) is 2.57. The molecule has 22 heavy (non-hydrogen) atoms. The summed E-state index contributed by atoms with van der Waals surface area (Å²) in [6.45, 7) is 0. The van der Waals surface area contributed by atoms with Gasteiger partial charge in [-0.3, -0.25) is 0 Å². The van der Waals surface area contributed by atoms with Gasteiger partial charge in [0.05, 0.1) is 0 Å². The van der Waals surface area contributed by atoms with Gasteiger partial charge < -0.3 is 8.83 Å². The zero-order chi connectivity index (χ0) is 15.1. The Morgan fingerprint density at radius 2 is 1.36 bits per heavy atom. The maximum atomic E-state index is 12.2. The van der Waals surface area contributed by atoms with Crippen LogP contribution in [0.25, 0.3) is 33.1 Å². The van der Waals surface area contributed by atoms with Gasteiger partial charge in [0.2, 0.25) is 0 Å². The molecule has 0 saturated heterocycles. The molecule has 2 heterocycles. The third-order valence-electron chi connectivity index (χ3n) is 3.59. The van der Waals surface area contributed by atoms with E-state index >= 15 is 0 Å². The molecule has 0 aliphatic rings. The Bertz CT molecular complexity index is 1100. The predicted octanol–water partition coefficient (Wildman–Crippen LogP) is 3.57. The van der Waals surface area contributed by atoms with Gasteiger partial charge in [-0.05, 0) is 12.1 Å². The molecule has 0 atom stereocenters. The first kappa shape index (κ1) is 12.6. The van der Waals surface area contributed by atoms with Crippen molar-refractivity contribution in [2.75, 3.05) is 0 Å². The number of fused-ring (bicyclic) bond motifs is 3. The van der Waals surface area contributed by atoms with E-state index in [1.165, 1.54) is 0 Å². The SMILES string of the molecule is O=c1oc(-c2ccccc2)cc2c1c(=O)oc1ccccc12. The summed E-state index contributed by atoms with van der Waals surface area (Å²) in [5.74, 6) is 0.425. The Hall–Kier alpha value is -3.14. The first-order chi connectivity index (χ1) is 10.7. The summed E-state index contributed by atoms with van der Waals surface area (Å²) in [7, 11) is 0. The van der Waals surface area contributed by atoms with E-state index in [2.05, 4.69) is 0 Å². The van der Waals surface area contributed by atoms with Gasteiger partial charge in [0.25, 0.3) is 0 Å². The summed E-state index contributed by atoms with van der Waals surface area (Å²) in [6, 6.07) is 18.1. The molecular weight excluding hydrogens is 280 g/mol. The second-order valence-corrected chi connectivity index (χ2v) is 4.94. The summed E-state index contributed by atoms with van der Waals surface area (Å²) in [5.41, 5.74) is -0.138. The van der Waals surface area contributed by atoms with Gasteiger partial charge in [-0.2, -0.15) is 0 Å². The van der Waals surface area contributed by atoms with E-state index in [0.717, 1.165) is 5.56 Å². The minimum Gasteiger partial charge on any atom is -0.422 e. The number of hydrogen-bond donors (Lipinski definition) is 0. The number of rotatable bonds is 1. The van der Waals surface area contributed by atoms with Gasteiger partial charge in [0, 0.05) is 16.3 Å². The standard InChI is InChI=1S/C18H10O4/c19-17-16-13(12-8-4-5-9-14(12)21-17)10-15(22-18(16)20)11-6-2-1-3-7-11/h1-10H. The van der Waals surface area contributed by atoms with Gasteiger partial charge in [-0.1, -0.05) is 48.5 Å². The van der Waals surface area contributed by atoms with Gasteiger partial charge in [0.15, 0.2) is 5.39 Å². The van der Waals surface area contributed by atoms with Crippen molar-refractivity contribution in [2.45, 2.75) is 0 Å². The highest BCUT2D eigenvalue weighted by atomic mass is 16.4. The average Bonchev–Trinajstić information content (AvgIpc) is 2.55. The molecule has 0 N–H and O–H groups in total. The molecule has 2 aromatic carbocycles. The van der Waals surface area contributed by atoms with E-state index in [4.69, 9.17) is 8.83 Å². The zero-order valence-electron chi connectivity index (χ0n) is 11.4. The van der Waals surface area contributed by atoms with E-state index in [1.54, 1.807) is 18.2 Å². The van der Waals surface area contributed by atoms with Gasteiger partial charge >= 0.3 is 11.3 Å².